The molecule has 0 spiro atoms. The van der Waals surface area contributed by atoms with Gasteiger partial charge in [0, 0.05) is 19.0 Å². The lowest BCUT2D eigenvalue weighted by Crippen LogP contribution is -2.53. The lowest BCUT2D eigenvalue weighted by molar-refractivity contribution is -0.143. The Morgan fingerprint density at radius 1 is 0.838 bits per heavy atom. The maximum Gasteiger partial charge on any atom is 0.261 e. The van der Waals surface area contributed by atoms with Crippen molar-refractivity contribution in [2.24, 2.45) is 0 Å². The van der Waals surface area contributed by atoms with Crippen molar-refractivity contribution in [1.82, 2.24) is 10.2 Å². The standard InChI is InChI=1S/C31H36N2O4/c1-36-28-19-11-12-20-29(28)37-23-30(34)33(22-25-15-7-3-8-16-25)27(21-24-13-5-2-6-14-24)31(35)32-26-17-9-4-10-18-26/h2-3,5-8,11-16,19-20,26-27H,4,9-10,17-18,21-23H2,1H3,(H,32,35)/t27-/m1/s1. The largest absolute Gasteiger partial charge is 0.493 e. The molecule has 6 nitrogen and oxygen atoms in total. The summed E-state index contributed by atoms with van der Waals surface area (Å²) in [6.07, 6.45) is 5.83. The molecule has 194 valence electrons. The second-order valence-corrected chi connectivity index (χ2v) is 9.50. The summed E-state index contributed by atoms with van der Waals surface area (Å²) in [5.74, 6) is 0.678. The van der Waals surface area contributed by atoms with Crippen LogP contribution in [-0.4, -0.2) is 42.5 Å². The van der Waals surface area contributed by atoms with Crippen LogP contribution in [0.3, 0.4) is 0 Å². The van der Waals surface area contributed by atoms with Gasteiger partial charge in [0.05, 0.1) is 7.11 Å². The van der Waals surface area contributed by atoms with Crippen LogP contribution in [0.25, 0.3) is 0 Å². The molecule has 3 aromatic rings. The number of methoxy groups -OCH3 is 1. The second-order valence-electron chi connectivity index (χ2n) is 9.50. The molecule has 6 heteroatoms. The van der Waals surface area contributed by atoms with Gasteiger partial charge in [0.15, 0.2) is 18.1 Å². The molecule has 1 aliphatic rings. The van der Waals surface area contributed by atoms with Crippen molar-refractivity contribution in [3.05, 3.63) is 96.1 Å². The Bertz CT molecular complexity index is 1130. The molecule has 0 bridgehead atoms. The number of nitrogens with zero attached hydrogens (tertiary/aromatic N) is 1. The molecule has 1 fully saturated rings. The third kappa shape index (κ3) is 7.59. The summed E-state index contributed by atoms with van der Waals surface area (Å²) in [6, 6.07) is 26.4. The van der Waals surface area contributed by atoms with Gasteiger partial charge >= 0.3 is 0 Å². The molecule has 1 aliphatic carbocycles. The lowest BCUT2D eigenvalue weighted by Gasteiger charge is -2.33. The summed E-state index contributed by atoms with van der Waals surface area (Å²) in [6.45, 7) is 0.111. The van der Waals surface area contributed by atoms with Gasteiger partial charge in [0.25, 0.3) is 5.91 Å². The number of ether oxygens (including phenoxy) is 2. The molecular weight excluding hydrogens is 464 g/mol. The monoisotopic (exact) mass is 500 g/mol. The van der Waals surface area contributed by atoms with Crippen molar-refractivity contribution in [3.63, 3.8) is 0 Å². The lowest BCUT2D eigenvalue weighted by atomic mass is 9.94. The molecular formula is C31H36N2O4. The van der Waals surface area contributed by atoms with E-state index in [9.17, 15) is 9.59 Å². The van der Waals surface area contributed by atoms with Gasteiger partial charge < -0.3 is 19.7 Å². The number of rotatable bonds is 11. The molecule has 2 amide bonds. The normalized spacial score (nSPS) is 14.4. The fraction of sp³-hybridized carbons (Fsp3) is 0.355. The zero-order valence-corrected chi connectivity index (χ0v) is 21.5. The number of hydrogen-bond acceptors (Lipinski definition) is 4. The van der Waals surface area contributed by atoms with E-state index >= 15 is 0 Å². The van der Waals surface area contributed by atoms with E-state index in [1.807, 2.05) is 72.8 Å². The van der Waals surface area contributed by atoms with E-state index in [0.29, 0.717) is 24.5 Å². The van der Waals surface area contributed by atoms with Crippen molar-refractivity contribution < 1.29 is 19.1 Å². The highest BCUT2D eigenvalue weighted by atomic mass is 16.5. The molecule has 0 saturated heterocycles. The molecule has 0 unspecified atom stereocenters. The molecule has 0 radical (unpaired) electrons. The highest BCUT2D eigenvalue weighted by Crippen LogP contribution is 2.26. The Labute approximate surface area is 219 Å². The first-order valence-electron chi connectivity index (χ1n) is 13.1. The van der Waals surface area contributed by atoms with Gasteiger partial charge in [-0.3, -0.25) is 9.59 Å². The minimum Gasteiger partial charge on any atom is -0.493 e. The maximum atomic E-state index is 13.8. The second kappa shape index (κ2) is 13.5. The summed E-state index contributed by atoms with van der Waals surface area (Å²) in [4.78, 5) is 29.2. The van der Waals surface area contributed by atoms with Gasteiger partial charge in [-0.1, -0.05) is 92.1 Å². The van der Waals surface area contributed by atoms with Crippen LogP contribution >= 0.6 is 0 Å². The van der Waals surface area contributed by atoms with E-state index < -0.39 is 6.04 Å². The third-order valence-corrected chi connectivity index (χ3v) is 6.84. The zero-order valence-electron chi connectivity index (χ0n) is 21.5. The molecule has 37 heavy (non-hydrogen) atoms. The minimum atomic E-state index is -0.668. The summed E-state index contributed by atoms with van der Waals surface area (Å²) in [7, 11) is 1.57. The Morgan fingerprint density at radius 2 is 1.43 bits per heavy atom. The fourth-order valence-electron chi connectivity index (χ4n) is 4.84. The number of benzene rings is 3. The zero-order chi connectivity index (χ0) is 25.9. The van der Waals surface area contributed by atoms with Crippen LogP contribution in [0.2, 0.25) is 0 Å². The van der Waals surface area contributed by atoms with Crippen molar-refractivity contribution in [1.29, 1.82) is 0 Å². The van der Waals surface area contributed by atoms with E-state index in [1.165, 1.54) is 6.42 Å². The van der Waals surface area contributed by atoms with Crippen LogP contribution < -0.4 is 14.8 Å². The molecule has 1 atom stereocenters. The van der Waals surface area contributed by atoms with Crippen molar-refractivity contribution in [2.75, 3.05) is 13.7 Å². The van der Waals surface area contributed by atoms with E-state index in [2.05, 4.69) is 5.32 Å². The van der Waals surface area contributed by atoms with E-state index in [4.69, 9.17) is 9.47 Å². The highest BCUT2D eigenvalue weighted by molar-refractivity contribution is 5.88. The maximum absolute atomic E-state index is 13.8. The van der Waals surface area contributed by atoms with Gasteiger partial charge in [-0.15, -0.1) is 0 Å². The average molecular weight is 501 g/mol. The van der Waals surface area contributed by atoms with Crippen LogP contribution in [0.15, 0.2) is 84.9 Å². The van der Waals surface area contributed by atoms with Crippen molar-refractivity contribution in [2.45, 2.75) is 57.2 Å². The molecule has 1 saturated carbocycles. The van der Waals surface area contributed by atoms with Gasteiger partial charge in [0.1, 0.15) is 6.04 Å². The van der Waals surface area contributed by atoms with Crippen LogP contribution in [0.5, 0.6) is 11.5 Å². The Hall–Kier alpha value is -3.80. The summed E-state index contributed by atoms with van der Waals surface area (Å²) in [5.41, 5.74) is 1.96. The molecule has 4 rings (SSSR count). The average Bonchev–Trinajstić information content (AvgIpc) is 2.95. The first kappa shape index (κ1) is 26.3. The van der Waals surface area contributed by atoms with Crippen LogP contribution in [0.4, 0.5) is 0 Å². The van der Waals surface area contributed by atoms with Gasteiger partial charge in [-0.25, -0.2) is 0 Å². The van der Waals surface area contributed by atoms with Gasteiger partial charge in [0.2, 0.25) is 5.91 Å². The number of carbonyl (C=O) groups is 2. The highest BCUT2D eigenvalue weighted by Gasteiger charge is 2.32. The predicted molar refractivity (Wildman–Crippen MR) is 144 cm³/mol. The summed E-state index contributed by atoms with van der Waals surface area (Å²) in [5, 5.41) is 3.26. The van der Waals surface area contributed by atoms with Crippen molar-refractivity contribution in [3.8, 4) is 11.5 Å². The Morgan fingerprint density at radius 3 is 2.08 bits per heavy atom. The first-order valence-corrected chi connectivity index (χ1v) is 13.1. The minimum absolute atomic E-state index is 0.114. The topological polar surface area (TPSA) is 67.9 Å². The molecule has 0 aliphatic heterocycles. The molecule has 1 N–H and O–H groups in total. The molecule has 0 aromatic heterocycles. The number of para-hydroxylation sites is 2. The molecule has 3 aromatic carbocycles. The summed E-state index contributed by atoms with van der Waals surface area (Å²) >= 11 is 0. The number of carbonyl (C=O) groups excluding carboxylic acids is 2. The smallest absolute Gasteiger partial charge is 0.261 e. The van der Waals surface area contributed by atoms with Crippen LogP contribution in [0, 0.1) is 0 Å². The quantitative estimate of drug-likeness (QED) is 0.395. The predicted octanol–water partition coefficient (Wildman–Crippen LogP) is 5.16. The third-order valence-electron chi connectivity index (χ3n) is 6.84. The van der Waals surface area contributed by atoms with Gasteiger partial charge in [-0.2, -0.15) is 0 Å². The van der Waals surface area contributed by atoms with E-state index in [-0.39, 0.29) is 24.5 Å². The number of nitrogens with one attached hydrogen (secondary N) is 1. The van der Waals surface area contributed by atoms with Crippen LogP contribution in [0.1, 0.15) is 43.2 Å². The van der Waals surface area contributed by atoms with Gasteiger partial charge in [-0.05, 0) is 36.1 Å². The Kier molecular flexibility index (Phi) is 9.58. The summed E-state index contributed by atoms with van der Waals surface area (Å²) < 4.78 is 11.3. The first-order chi connectivity index (χ1) is 18.1. The van der Waals surface area contributed by atoms with Crippen LogP contribution in [-0.2, 0) is 22.6 Å². The number of hydrogen-bond donors (Lipinski definition) is 1. The fourth-order valence-corrected chi connectivity index (χ4v) is 4.84. The van der Waals surface area contributed by atoms with E-state index in [1.54, 1.807) is 24.1 Å². The Balaban J connectivity index is 1.60. The SMILES string of the molecule is COc1ccccc1OCC(=O)N(Cc1ccccc1)[C@H](Cc1ccccc1)C(=O)NC1CCCCC1. The molecule has 0 heterocycles. The van der Waals surface area contributed by atoms with Crippen molar-refractivity contribution >= 4 is 11.8 Å². The number of amides is 2. The van der Waals surface area contributed by atoms with E-state index in [0.717, 1.165) is 36.8 Å².